The molecule has 20 heavy (non-hydrogen) atoms. The molecule has 0 aliphatic rings. The Balaban J connectivity index is 2.26. The molecule has 0 bridgehead atoms. The average molecular weight is 292 g/mol. The first-order valence-electron chi connectivity index (χ1n) is 6.84. The lowest BCUT2D eigenvalue weighted by Gasteiger charge is -2.21. The van der Waals surface area contributed by atoms with Crippen LogP contribution in [0.1, 0.15) is 29.7 Å². The third-order valence-corrected chi connectivity index (χ3v) is 3.62. The molecule has 0 amide bonds. The third kappa shape index (κ3) is 3.81. The summed E-state index contributed by atoms with van der Waals surface area (Å²) in [5, 5.41) is 4.20. The summed E-state index contributed by atoms with van der Waals surface area (Å²) in [5.41, 5.74) is 3.35. The molecule has 3 heteroatoms. The van der Waals surface area contributed by atoms with Gasteiger partial charge in [-0.15, -0.1) is 0 Å². The molecular weight excluding hydrogens is 273 g/mol. The maximum absolute atomic E-state index is 13.3. The Morgan fingerprint density at radius 3 is 2.65 bits per heavy atom. The van der Waals surface area contributed by atoms with Crippen LogP contribution in [0.2, 0.25) is 5.02 Å². The molecule has 1 nitrogen and oxygen atoms in total. The molecule has 1 atom stereocenters. The van der Waals surface area contributed by atoms with Gasteiger partial charge in [-0.05, 0) is 60.8 Å². The van der Waals surface area contributed by atoms with E-state index in [1.54, 1.807) is 12.1 Å². The van der Waals surface area contributed by atoms with Crippen molar-refractivity contribution in [2.75, 3.05) is 6.54 Å². The molecule has 0 spiro atoms. The fraction of sp³-hybridized carbons (Fsp3) is 0.294. The summed E-state index contributed by atoms with van der Waals surface area (Å²) >= 11 is 6.01. The van der Waals surface area contributed by atoms with Crippen molar-refractivity contribution in [3.8, 4) is 0 Å². The minimum Gasteiger partial charge on any atom is -0.310 e. The maximum atomic E-state index is 13.3. The normalized spacial score (nSPS) is 12.4. The van der Waals surface area contributed by atoms with Crippen molar-refractivity contribution in [3.05, 3.63) is 70.0 Å². The van der Waals surface area contributed by atoms with E-state index in [1.165, 1.54) is 11.6 Å². The van der Waals surface area contributed by atoms with Crippen molar-refractivity contribution in [1.82, 2.24) is 5.32 Å². The van der Waals surface area contributed by atoms with Gasteiger partial charge in [-0.25, -0.2) is 4.39 Å². The SMILES string of the molecule is CCNC(Cc1cccc(F)c1)c1ccc(Cl)cc1C. The molecule has 106 valence electrons. The fourth-order valence-corrected chi connectivity index (χ4v) is 2.69. The van der Waals surface area contributed by atoms with Gasteiger partial charge in [0.2, 0.25) is 0 Å². The van der Waals surface area contributed by atoms with Crippen molar-refractivity contribution in [2.24, 2.45) is 0 Å². The summed E-state index contributed by atoms with van der Waals surface area (Å²) in [6.07, 6.45) is 0.758. The van der Waals surface area contributed by atoms with Crippen LogP contribution in [0.4, 0.5) is 4.39 Å². The van der Waals surface area contributed by atoms with Gasteiger partial charge in [0.15, 0.2) is 0 Å². The molecule has 1 unspecified atom stereocenters. The molecule has 0 saturated carbocycles. The van der Waals surface area contributed by atoms with E-state index in [-0.39, 0.29) is 11.9 Å². The molecule has 2 aromatic carbocycles. The van der Waals surface area contributed by atoms with Gasteiger partial charge >= 0.3 is 0 Å². The van der Waals surface area contributed by atoms with Gasteiger partial charge in [-0.3, -0.25) is 0 Å². The smallest absolute Gasteiger partial charge is 0.123 e. The van der Waals surface area contributed by atoms with Gasteiger partial charge in [0.05, 0.1) is 0 Å². The van der Waals surface area contributed by atoms with E-state index in [1.807, 2.05) is 24.3 Å². The molecule has 0 fully saturated rings. The van der Waals surface area contributed by atoms with Gasteiger partial charge < -0.3 is 5.32 Å². The first-order chi connectivity index (χ1) is 9.60. The lowest BCUT2D eigenvalue weighted by Crippen LogP contribution is -2.23. The van der Waals surface area contributed by atoms with Crippen LogP contribution in [-0.2, 0) is 6.42 Å². The Morgan fingerprint density at radius 2 is 2.00 bits per heavy atom. The van der Waals surface area contributed by atoms with Gasteiger partial charge in [0.1, 0.15) is 5.82 Å². The van der Waals surface area contributed by atoms with Crippen LogP contribution in [0.5, 0.6) is 0 Å². The molecule has 2 rings (SSSR count). The standard InChI is InChI=1S/C17H19ClFN/c1-3-20-17(11-13-5-4-6-15(19)10-13)16-8-7-14(18)9-12(16)2/h4-10,17,20H,3,11H2,1-2H3. The van der Waals surface area contributed by atoms with Crippen molar-refractivity contribution in [2.45, 2.75) is 26.3 Å². The fourth-order valence-electron chi connectivity index (χ4n) is 2.47. The highest BCUT2D eigenvalue weighted by Crippen LogP contribution is 2.24. The van der Waals surface area contributed by atoms with Crippen LogP contribution in [0.3, 0.4) is 0 Å². The zero-order valence-corrected chi connectivity index (χ0v) is 12.5. The van der Waals surface area contributed by atoms with Crippen LogP contribution < -0.4 is 5.32 Å². The molecular formula is C17H19ClFN. The van der Waals surface area contributed by atoms with E-state index in [0.29, 0.717) is 0 Å². The Labute approximate surface area is 124 Å². The molecule has 0 aliphatic carbocycles. The van der Waals surface area contributed by atoms with E-state index in [4.69, 9.17) is 11.6 Å². The Bertz CT molecular complexity index is 583. The first-order valence-corrected chi connectivity index (χ1v) is 7.22. The molecule has 0 aromatic heterocycles. The van der Waals surface area contributed by atoms with E-state index < -0.39 is 0 Å². The number of hydrogen-bond acceptors (Lipinski definition) is 1. The predicted molar refractivity (Wildman–Crippen MR) is 82.7 cm³/mol. The quantitative estimate of drug-likeness (QED) is 0.843. The summed E-state index contributed by atoms with van der Waals surface area (Å²) in [4.78, 5) is 0. The zero-order valence-electron chi connectivity index (χ0n) is 11.8. The topological polar surface area (TPSA) is 12.0 Å². The summed E-state index contributed by atoms with van der Waals surface area (Å²) < 4.78 is 13.3. The average Bonchev–Trinajstić information content (AvgIpc) is 2.38. The van der Waals surface area contributed by atoms with Crippen LogP contribution in [0.15, 0.2) is 42.5 Å². The zero-order chi connectivity index (χ0) is 14.5. The summed E-state index contributed by atoms with van der Waals surface area (Å²) in [6.45, 7) is 4.99. The highest BCUT2D eigenvalue weighted by atomic mass is 35.5. The number of rotatable bonds is 5. The van der Waals surface area contributed by atoms with E-state index in [0.717, 1.165) is 29.1 Å². The summed E-state index contributed by atoms with van der Waals surface area (Å²) in [6, 6.07) is 12.9. The van der Waals surface area contributed by atoms with Crippen LogP contribution in [0.25, 0.3) is 0 Å². The summed E-state index contributed by atoms with van der Waals surface area (Å²) in [7, 11) is 0. The molecule has 2 aromatic rings. The Kier molecular flexibility index (Phi) is 5.16. The minimum atomic E-state index is -0.189. The largest absolute Gasteiger partial charge is 0.310 e. The lowest BCUT2D eigenvalue weighted by molar-refractivity contribution is 0.544. The monoisotopic (exact) mass is 291 g/mol. The molecule has 1 N–H and O–H groups in total. The number of aryl methyl sites for hydroxylation is 1. The number of benzene rings is 2. The highest BCUT2D eigenvalue weighted by Gasteiger charge is 2.14. The lowest BCUT2D eigenvalue weighted by atomic mass is 9.95. The van der Waals surface area contributed by atoms with Gasteiger partial charge in [0.25, 0.3) is 0 Å². The second kappa shape index (κ2) is 6.87. The second-order valence-corrected chi connectivity index (χ2v) is 5.38. The minimum absolute atomic E-state index is 0.166. The number of nitrogens with one attached hydrogen (secondary N) is 1. The van der Waals surface area contributed by atoms with E-state index in [9.17, 15) is 4.39 Å². The van der Waals surface area contributed by atoms with Crippen LogP contribution in [0, 0.1) is 12.7 Å². The summed E-state index contributed by atoms with van der Waals surface area (Å²) in [5.74, 6) is -0.189. The highest BCUT2D eigenvalue weighted by molar-refractivity contribution is 6.30. The predicted octanol–water partition coefficient (Wildman–Crippen LogP) is 4.68. The third-order valence-electron chi connectivity index (χ3n) is 3.39. The molecule has 0 heterocycles. The molecule has 0 saturated heterocycles. The van der Waals surface area contributed by atoms with Gasteiger partial charge in [0, 0.05) is 11.1 Å². The number of likely N-dealkylation sites (N-methyl/N-ethyl adjacent to an activating group) is 1. The van der Waals surface area contributed by atoms with Gasteiger partial charge in [-0.2, -0.15) is 0 Å². The number of halogens is 2. The van der Waals surface area contributed by atoms with E-state index >= 15 is 0 Å². The van der Waals surface area contributed by atoms with E-state index in [2.05, 4.69) is 19.2 Å². The van der Waals surface area contributed by atoms with Crippen molar-refractivity contribution >= 4 is 11.6 Å². The van der Waals surface area contributed by atoms with Crippen molar-refractivity contribution < 1.29 is 4.39 Å². The Morgan fingerprint density at radius 1 is 1.20 bits per heavy atom. The molecule has 0 aliphatic heterocycles. The molecule has 0 radical (unpaired) electrons. The number of hydrogen-bond donors (Lipinski definition) is 1. The Hall–Kier alpha value is -1.38. The van der Waals surface area contributed by atoms with Gasteiger partial charge in [-0.1, -0.05) is 36.7 Å². The van der Waals surface area contributed by atoms with Crippen molar-refractivity contribution in [3.63, 3.8) is 0 Å². The van der Waals surface area contributed by atoms with Crippen molar-refractivity contribution in [1.29, 1.82) is 0 Å². The first kappa shape index (κ1) is 15.0. The second-order valence-electron chi connectivity index (χ2n) is 4.95. The maximum Gasteiger partial charge on any atom is 0.123 e. The van der Waals surface area contributed by atoms with Crippen LogP contribution in [-0.4, -0.2) is 6.54 Å². The van der Waals surface area contributed by atoms with Crippen LogP contribution >= 0.6 is 11.6 Å².